The molecule has 2 spiro atoms. The van der Waals surface area contributed by atoms with Gasteiger partial charge in [-0.05, 0) is 119 Å². The maximum Gasteiger partial charge on any atom is 0.135 e. The number of benzene rings is 10. The molecule has 2 nitrogen and oxygen atoms in total. The Kier molecular flexibility index (Phi) is 6.58. The van der Waals surface area contributed by atoms with E-state index in [2.05, 4.69) is 212 Å². The fraction of sp³-hybridized carbons (Fsp3) is 0.0323. The SMILES string of the molecule is c1ccc2c(c1)-c1ccccc1C21c2ccccc2-c2cc3c(cc21)oc1ccccc13.c1ccc2c(c1)-c1ccccc1C21c2ccccc2-c2ccc3oc4ccccc4c3c21. The highest BCUT2D eigenvalue weighted by Gasteiger charge is 2.54. The van der Waals surface area contributed by atoms with Crippen molar-refractivity contribution >= 4 is 43.9 Å². The highest BCUT2D eigenvalue weighted by Crippen LogP contribution is 2.65. The summed E-state index contributed by atoms with van der Waals surface area (Å²) in [5, 5.41) is 4.79. The second-order valence-corrected chi connectivity index (χ2v) is 17.7. The molecule has 2 heterocycles. The summed E-state index contributed by atoms with van der Waals surface area (Å²) >= 11 is 0. The average Bonchev–Trinajstić information content (AvgIpc) is 4.19. The van der Waals surface area contributed by atoms with Gasteiger partial charge in [-0.1, -0.05) is 188 Å². The second-order valence-electron chi connectivity index (χ2n) is 17.7. The molecule has 4 aliphatic carbocycles. The molecular formula is C62H36O2. The van der Waals surface area contributed by atoms with Gasteiger partial charge in [-0.2, -0.15) is 0 Å². The third-order valence-corrected chi connectivity index (χ3v) is 15.0. The third kappa shape index (κ3) is 4.03. The predicted octanol–water partition coefficient (Wildman–Crippen LogP) is 15.9. The van der Waals surface area contributed by atoms with Crippen LogP contribution in [0.4, 0.5) is 0 Å². The highest BCUT2D eigenvalue weighted by molar-refractivity contribution is 6.13. The average molecular weight is 813 g/mol. The van der Waals surface area contributed by atoms with Crippen molar-refractivity contribution in [2.24, 2.45) is 0 Å². The van der Waals surface area contributed by atoms with Gasteiger partial charge in [0, 0.05) is 21.5 Å². The molecule has 0 N–H and O–H groups in total. The number of fused-ring (bicyclic) bond motifs is 27. The van der Waals surface area contributed by atoms with E-state index in [9.17, 15) is 0 Å². The van der Waals surface area contributed by atoms with Gasteiger partial charge in [-0.15, -0.1) is 0 Å². The minimum atomic E-state index is -0.342. The van der Waals surface area contributed by atoms with Gasteiger partial charge >= 0.3 is 0 Å². The lowest BCUT2D eigenvalue weighted by Crippen LogP contribution is -2.26. The zero-order valence-electron chi connectivity index (χ0n) is 34.6. The minimum Gasteiger partial charge on any atom is -0.456 e. The molecule has 2 heteroatoms. The van der Waals surface area contributed by atoms with Gasteiger partial charge in [0.1, 0.15) is 22.3 Å². The molecule has 10 aromatic carbocycles. The Balaban J connectivity index is 0.000000119. The Morgan fingerprint density at radius 2 is 0.625 bits per heavy atom. The van der Waals surface area contributed by atoms with E-state index < -0.39 is 0 Å². The summed E-state index contributed by atoms with van der Waals surface area (Å²) in [6.07, 6.45) is 0. The number of furan rings is 2. The molecule has 0 fully saturated rings. The van der Waals surface area contributed by atoms with Gasteiger partial charge in [0.15, 0.2) is 0 Å². The fourth-order valence-electron chi connectivity index (χ4n) is 12.7. The van der Waals surface area contributed by atoms with Crippen molar-refractivity contribution in [1.29, 1.82) is 0 Å². The Labute approximate surface area is 369 Å². The molecule has 2 aromatic heterocycles. The Morgan fingerprint density at radius 3 is 1.16 bits per heavy atom. The molecule has 0 amide bonds. The first-order valence-electron chi connectivity index (χ1n) is 22.3. The Bertz CT molecular complexity index is 3870. The summed E-state index contributed by atoms with van der Waals surface area (Å²) < 4.78 is 12.7. The van der Waals surface area contributed by atoms with Crippen LogP contribution in [0.1, 0.15) is 44.5 Å². The second kappa shape index (κ2) is 12.2. The van der Waals surface area contributed by atoms with E-state index in [1.165, 1.54) is 111 Å². The van der Waals surface area contributed by atoms with Gasteiger partial charge < -0.3 is 8.83 Å². The van der Waals surface area contributed by atoms with E-state index in [1.807, 2.05) is 6.07 Å². The Hall–Kier alpha value is -8.20. The van der Waals surface area contributed by atoms with Gasteiger partial charge in [0.05, 0.1) is 10.8 Å². The van der Waals surface area contributed by atoms with Crippen molar-refractivity contribution in [3.8, 4) is 44.5 Å². The molecule has 12 aromatic rings. The standard InChI is InChI=1S/2C31H18O/c1-5-13-25-19(9-1)20-10-2-6-14-26(20)31(25)27-15-7-3-11-21(27)23-17-24-22-12-4-8-16-29(22)32-30(24)18-28(23)31;1-5-13-24-19(9-1)20-10-2-6-14-25(20)31(24)26-15-7-3-11-21(26)22-17-18-28-29(30(22)31)23-12-4-8-16-27(23)32-28/h2*1-18H. The van der Waals surface area contributed by atoms with Gasteiger partial charge in [-0.3, -0.25) is 0 Å². The lowest BCUT2D eigenvalue weighted by atomic mass is 9.69. The van der Waals surface area contributed by atoms with Crippen LogP contribution in [0.2, 0.25) is 0 Å². The third-order valence-electron chi connectivity index (χ3n) is 15.0. The van der Waals surface area contributed by atoms with Gasteiger partial charge in [0.2, 0.25) is 0 Å². The lowest BCUT2D eigenvalue weighted by molar-refractivity contribution is 0.666. The van der Waals surface area contributed by atoms with Crippen molar-refractivity contribution in [2.45, 2.75) is 10.8 Å². The monoisotopic (exact) mass is 812 g/mol. The first-order valence-corrected chi connectivity index (χ1v) is 22.3. The van der Waals surface area contributed by atoms with Crippen molar-refractivity contribution in [2.75, 3.05) is 0 Å². The largest absolute Gasteiger partial charge is 0.456 e. The van der Waals surface area contributed by atoms with Crippen molar-refractivity contribution in [1.82, 2.24) is 0 Å². The molecule has 0 unspecified atom stereocenters. The number of rotatable bonds is 0. The van der Waals surface area contributed by atoms with Crippen molar-refractivity contribution in [3.63, 3.8) is 0 Å². The zero-order chi connectivity index (χ0) is 41.7. The molecular weight excluding hydrogens is 777 g/mol. The van der Waals surface area contributed by atoms with Crippen LogP contribution in [-0.4, -0.2) is 0 Å². The topological polar surface area (TPSA) is 26.3 Å². The molecule has 0 bridgehead atoms. The minimum absolute atomic E-state index is 0.313. The summed E-state index contributed by atoms with van der Waals surface area (Å²) in [6, 6.07) is 79.4. The van der Waals surface area contributed by atoms with E-state index in [4.69, 9.17) is 8.83 Å². The summed E-state index contributed by atoms with van der Waals surface area (Å²) in [5.41, 5.74) is 24.6. The number of hydrogen-bond donors (Lipinski definition) is 0. The van der Waals surface area contributed by atoms with Crippen molar-refractivity contribution < 1.29 is 8.83 Å². The van der Waals surface area contributed by atoms with Crippen LogP contribution in [0, 0.1) is 0 Å². The van der Waals surface area contributed by atoms with Gasteiger partial charge in [0.25, 0.3) is 0 Å². The van der Waals surface area contributed by atoms with Crippen LogP contribution in [0.5, 0.6) is 0 Å². The highest BCUT2D eigenvalue weighted by atomic mass is 16.3. The summed E-state index contributed by atoms with van der Waals surface area (Å²) in [5.74, 6) is 0. The molecule has 4 aliphatic rings. The van der Waals surface area contributed by atoms with E-state index in [0.29, 0.717) is 0 Å². The van der Waals surface area contributed by atoms with E-state index in [1.54, 1.807) is 0 Å². The summed E-state index contributed by atoms with van der Waals surface area (Å²) in [7, 11) is 0. The fourth-order valence-corrected chi connectivity index (χ4v) is 12.7. The summed E-state index contributed by atoms with van der Waals surface area (Å²) in [4.78, 5) is 0. The van der Waals surface area contributed by atoms with E-state index in [0.717, 1.165) is 22.3 Å². The number of hydrogen-bond acceptors (Lipinski definition) is 2. The molecule has 0 aliphatic heterocycles. The molecule has 0 saturated heterocycles. The molecule has 16 rings (SSSR count). The molecule has 64 heavy (non-hydrogen) atoms. The molecule has 0 saturated carbocycles. The van der Waals surface area contributed by atoms with Crippen LogP contribution in [0.15, 0.2) is 227 Å². The van der Waals surface area contributed by atoms with E-state index in [-0.39, 0.29) is 10.8 Å². The normalized spacial score (nSPS) is 14.5. The molecule has 0 radical (unpaired) electrons. The van der Waals surface area contributed by atoms with Crippen LogP contribution in [-0.2, 0) is 10.8 Å². The van der Waals surface area contributed by atoms with Crippen LogP contribution in [0.3, 0.4) is 0 Å². The first-order chi connectivity index (χ1) is 31.8. The van der Waals surface area contributed by atoms with Crippen LogP contribution >= 0.6 is 0 Å². The summed E-state index contributed by atoms with van der Waals surface area (Å²) in [6.45, 7) is 0. The number of para-hydroxylation sites is 2. The predicted molar refractivity (Wildman–Crippen MR) is 260 cm³/mol. The smallest absolute Gasteiger partial charge is 0.135 e. The lowest BCUT2D eigenvalue weighted by Gasteiger charge is -2.31. The Morgan fingerprint density at radius 1 is 0.234 bits per heavy atom. The van der Waals surface area contributed by atoms with E-state index >= 15 is 0 Å². The quantitative estimate of drug-likeness (QED) is 0.152. The maximum absolute atomic E-state index is 6.36. The first kappa shape index (κ1) is 34.4. The maximum atomic E-state index is 6.36. The van der Waals surface area contributed by atoms with Crippen LogP contribution in [0.25, 0.3) is 88.4 Å². The zero-order valence-corrected chi connectivity index (χ0v) is 34.6. The molecule has 0 atom stereocenters. The van der Waals surface area contributed by atoms with Crippen molar-refractivity contribution in [3.05, 3.63) is 263 Å². The molecule has 296 valence electrons. The van der Waals surface area contributed by atoms with Crippen LogP contribution < -0.4 is 0 Å². The van der Waals surface area contributed by atoms with Gasteiger partial charge in [-0.25, -0.2) is 0 Å².